The Bertz CT molecular complexity index is 54.8. The molecule has 0 spiro atoms. The summed E-state index contributed by atoms with van der Waals surface area (Å²) < 4.78 is 10.2. The molecule has 0 aliphatic rings. The van der Waals surface area contributed by atoms with Gasteiger partial charge in [-0.25, -0.2) is 0 Å². The predicted molar refractivity (Wildman–Crippen MR) is 31.7 cm³/mol. The number of rotatable bonds is 2. The minimum Gasteiger partial charge on any atom is -0.0600 e. The summed E-state index contributed by atoms with van der Waals surface area (Å²) in [5.74, 6) is 0.964. The fourth-order valence-corrected chi connectivity index (χ4v) is 1.64. The van der Waals surface area contributed by atoms with Crippen molar-refractivity contribution in [1.29, 1.82) is 0 Å². The molecule has 0 aromatic carbocycles. The highest BCUT2D eigenvalue weighted by Gasteiger charge is 2.01. The highest BCUT2D eigenvalue weighted by Crippen LogP contribution is 2.31. The van der Waals surface area contributed by atoms with Gasteiger partial charge in [-0.3, -0.25) is 0 Å². The predicted octanol–water partition coefficient (Wildman–Crippen LogP) is 2.11. The van der Waals surface area contributed by atoms with Crippen molar-refractivity contribution >= 4 is 18.4 Å². The van der Waals surface area contributed by atoms with Crippen LogP contribution in [-0.4, -0.2) is 12.4 Å². The molecule has 0 aromatic rings. The van der Waals surface area contributed by atoms with Crippen molar-refractivity contribution in [2.24, 2.45) is 0 Å². The molecule has 0 saturated carbocycles. The van der Waals surface area contributed by atoms with E-state index in [2.05, 4.69) is 0 Å². The maximum atomic E-state index is 10.2. The Morgan fingerprint density at radius 2 is 2.33 bits per heavy atom. The summed E-state index contributed by atoms with van der Waals surface area (Å²) in [6.45, 7) is 3.73. The van der Waals surface area contributed by atoms with Crippen LogP contribution in [0.5, 0.6) is 0 Å². The van der Waals surface area contributed by atoms with Gasteiger partial charge in [0.05, 0.1) is 0 Å². The van der Waals surface area contributed by atoms with Gasteiger partial charge in [0.1, 0.15) is 18.0 Å². The van der Waals surface area contributed by atoms with Gasteiger partial charge in [0.25, 0.3) is 0 Å². The van der Waals surface area contributed by atoms with Crippen LogP contribution in [0.25, 0.3) is 0 Å². The Kier molecular flexibility index (Phi) is 3.91. The first-order chi connectivity index (χ1) is 2.77. The van der Waals surface area contributed by atoms with Crippen LogP contribution >= 0.6 is 18.4 Å². The molecule has 0 bridgehead atoms. The molecule has 0 aliphatic carbocycles. The first-order valence-corrected chi connectivity index (χ1v) is 5.11. The highest BCUT2D eigenvalue weighted by atomic mass is 32.7. The third kappa shape index (κ3) is 4.45. The lowest BCUT2D eigenvalue weighted by Crippen LogP contribution is -1.52. The van der Waals surface area contributed by atoms with Gasteiger partial charge in [-0.1, -0.05) is 11.5 Å². The fourth-order valence-electron chi connectivity index (χ4n) is 0.182. The molecule has 0 aliphatic heterocycles. The monoisotopic (exact) mass is 123 g/mol. The smallest absolute Gasteiger partial charge is 0.0600 e. The van der Waals surface area contributed by atoms with Gasteiger partial charge in [-0.2, -0.15) is 0 Å². The minimum atomic E-state index is -0.934. The van der Waals surface area contributed by atoms with E-state index in [4.69, 9.17) is 0 Å². The summed E-state index contributed by atoms with van der Waals surface area (Å²) >= 11 is 1.50. The first kappa shape index (κ1) is 6.45. The van der Waals surface area contributed by atoms with Crippen LogP contribution in [-0.2, 0) is 4.57 Å². The first-order valence-electron chi connectivity index (χ1n) is 1.81. The molecule has 0 radical (unpaired) electrons. The van der Waals surface area contributed by atoms with Crippen molar-refractivity contribution in [2.45, 2.75) is 6.92 Å². The average molecular weight is 123 g/mol. The van der Waals surface area contributed by atoms with Gasteiger partial charge in [0.2, 0.25) is 0 Å². The summed E-state index contributed by atoms with van der Waals surface area (Å²) in [5.41, 5.74) is 0. The molecule has 0 N–H and O–H groups in total. The van der Waals surface area contributed by atoms with E-state index in [0.717, 1.165) is 5.75 Å². The Hall–Kier alpha value is 0.450. The normalized spacial score (nSPS) is 11.3. The minimum absolute atomic E-state index is 0.934. The zero-order chi connectivity index (χ0) is 4.99. The van der Waals surface area contributed by atoms with E-state index in [1.165, 1.54) is 11.4 Å². The second kappa shape index (κ2) is 3.63. The zero-order valence-electron chi connectivity index (χ0n) is 3.97. The molecule has 0 heterocycles. The third-order valence-corrected chi connectivity index (χ3v) is 2.80. The van der Waals surface area contributed by atoms with Crippen LogP contribution in [0.15, 0.2) is 0 Å². The molecular formula is C3H8OPS+. The van der Waals surface area contributed by atoms with Crippen LogP contribution < -0.4 is 0 Å². The van der Waals surface area contributed by atoms with Crippen molar-refractivity contribution < 1.29 is 4.57 Å². The summed E-state index contributed by atoms with van der Waals surface area (Å²) in [6.07, 6.45) is 0. The van der Waals surface area contributed by atoms with Crippen LogP contribution in [0, 0.1) is 0 Å². The average Bonchev–Trinajstić information content (AvgIpc) is 1.35. The van der Waals surface area contributed by atoms with Crippen LogP contribution in [0.3, 0.4) is 0 Å². The molecule has 0 rings (SSSR count). The van der Waals surface area contributed by atoms with E-state index in [1.807, 2.05) is 6.92 Å². The maximum absolute atomic E-state index is 10.2. The van der Waals surface area contributed by atoms with Gasteiger partial charge in [-0.05, 0) is 0 Å². The molecular weight excluding hydrogens is 115 g/mol. The number of hydrogen-bond donors (Lipinski definition) is 0. The van der Waals surface area contributed by atoms with E-state index < -0.39 is 7.00 Å². The molecule has 1 unspecified atom stereocenters. The molecule has 0 fully saturated rings. The fraction of sp³-hybridized carbons (Fsp3) is 1.00. The van der Waals surface area contributed by atoms with Crippen molar-refractivity contribution in [1.82, 2.24) is 0 Å². The summed E-state index contributed by atoms with van der Waals surface area (Å²) in [7, 11) is -0.934. The third-order valence-electron chi connectivity index (χ3n) is 0.311. The largest absolute Gasteiger partial charge is 0.407 e. The Labute approximate surface area is 43.0 Å². The van der Waals surface area contributed by atoms with Crippen molar-refractivity contribution in [3.63, 3.8) is 0 Å². The number of hydrogen-bond acceptors (Lipinski definition) is 2. The van der Waals surface area contributed by atoms with E-state index in [1.54, 1.807) is 6.66 Å². The second-order valence-electron chi connectivity index (χ2n) is 0.857. The lowest BCUT2D eigenvalue weighted by molar-refractivity contribution is 0.599. The van der Waals surface area contributed by atoms with Crippen LogP contribution in [0.2, 0.25) is 0 Å². The van der Waals surface area contributed by atoms with Crippen molar-refractivity contribution in [3.8, 4) is 0 Å². The van der Waals surface area contributed by atoms with E-state index in [0.29, 0.717) is 0 Å². The van der Waals surface area contributed by atoms with Gasteiger partial charge in [0.15, 0.2) is 0 Å². The molecule has 1 atom stereocenters. The van der Waals surface area contributed by atoms with Gasteiger partial charge in [0, 0.05) is 5.75 Å². The quantitative estimate of drug-likeness (QED) is 0.523. The molecule has 0 amide bonds. The standard InChI is InChI=1S/C3H8OPS/c1-3-6-5(2)4/h3H2,1-2H3/q+1. The molecule has 0 aromatic heterocycles. The molecule has 1 nitrogen and oxygen atoms in total. The Morgan fingerprint density at radius 1 is 1.83 bits per heavy atom. The second-order valence-corrected chi connectivity index (χ2v) is 4.89. The van der Waals surface area contributed by atoms with E-state index >= 15 is 0 Å². The Balaban J connectivity index is 2.83. The van der Waals surface area contributed by atoms with Crippen molar-refractivity contribution in [3.05, 3.63) is 0 Å². The Morgan fingerprint density at radius 3 is 2.33 bits per heavy atom. The summed E-state index contributed by atoms with van der Waals surface area (Å²) in [4.78, 5) is 0. The van der Waals surface area contributed by atoms with Crippen molar-refractivity contribution in [2.75, 3.05) is 12.4 Å². The lowest BCUT2D eigenvalue weighted by Gasteiger charge is -1.65. The maximum Gasteiger partial charge on any atom is 0.407 e. The van der Waals surface area contributed by atoms with Crippen LogP contribution in [0.4, 0.5) is 0 Å². The molecule has 36 valence electrons. The zero-order valence-corrected chi connectivity index (χ0v) is 5.68. The SMILES string of the molecule is CCS[P+](C)=O. The summed E-state index contributed by atoms with van der Waals surface area (Å²) in [5, 5.41) is 0. The van der Waals surface area contributed by atoms with E-state index in [-0.39, 0.29) is 0 Å². The lowest BCUT2D eigenvalue weighted by atomic mass is 11.0. The van der Waals surface area contributed by atoms with Gasteiger partial charge >= 0.3 is 7.00 Å². The molecule has 0 saturated heterocycles. The molecule has 6 heavy (non-hydrogen) atoms. The summed E-state index contributed by atoms with van der Waals surface area (Å²) in [6, 6.07) is 0. The molecule has 3 heteroatoms. The van der Waals surface area contributed by atoms with Gasteiger partial charge in [-0.15, -0.1) is 0 Å². The van der Waals surface area contributed by atoms with Crippen LogP contribution in [0.1, 0.15) is 6.92 Å². The highest BCUT2D eigenvalue weighted by molar-refractivity contribution is 8.51. The van der Waals surface area contributed by atoms with E-state index in [9.17, 15) is 4.57 Å². The van der Waals surface area contributed by atoms with Gasteiger partial charge < -0.3 is 0 Å². The topological polar surface area (TPSA) is 17.1 Å².